The number of carbonyl (C=O) groups is 1. The first-order valence-corrected chi connectivity index (χ1v) is 5.25. The minimum Gasteiger partial charge on any atom is -0.325 e. The second kappa shape index (κ2) is 5.46. The number of hydrogen-bond donors (Lipinski definition) is 1. The van der Waals surface area contributed by atoms with Crippen molar-refractivity contribution >= 4 is 34.8 Å². The molecule has 0 radical (unpaired) electrons. The van der Waals surface area contributed by atoms with Crippen molar-refractivity contribution in [2.24, 2.45) is 0 Å². The second-order valence-electron chi connectivity index (χ2n) is 3.14. The zero-order valence-electron chi connectivity index (χ0n) is 8.14. The number of anilines is 1. The summed E-state index contributed by atoms with van der Waals surface area (Å²) in [5.74, 6) is -0.548. The van der Waals surface area contributed by atoms with E-state index in [-0.39, 0.29) is 6.42 Å². The largest absolute Gasteiger partial charge is 0.325 e. The third kappa shape index (κ3) is 4.77. The fourth-order valence-corrected chi connectivity index (χ4v) is 1.31. The van der Waals surface area contributed by atoms with Crippen LogP contribution < -0.4 is 5.32 Å². The number of alkyl halides is 3. The van der Waals surface area contributed by atoms with Gasteiger partial charge in [-0.2, -0.15) is 8.78 Å². The number of carbonyl (C=O) groups excluding carboxylic acids is 1. The molecule has 0 aromatic heterocycles. The van der Waals surface area contributed by atoms with Crippen LogP contribution in [0.5, 0.6) is 0 Å². The summed E-state index contributed by atoms with van der Waals surface area (Å²) in [7, 11) is 0. The van der Waals surface area contributed by atoms with Gasteiger partial charge in [-0.1, -0.05) is 23.7 Å². The van der Waals surface area contributed by atoms with E-state index in [4.69, 9.17) is 11.6 Å². The van der Waals surface area contributed by atoms with Gasteiger partial charge in [0.25, 0.3) is 0 Å². The molecule has 1 aromatic rings. The molecule has 0 heterocycles. The lowest BCUT2D eigenvalue weighted by atomic mass is 10.2. The molecule has 0 aliphatic heterocycles. The average molecular weight is 268 g/mol. The Bertz CT molecular complexity index is 379. The van der Waals surface area contributed by atoms with Crippen molar-refractivity contribution in [3.8, 4) is 0 Å². The Morgan fingerprint density at radius 3 is 2.56 bits per heavy atom. The van der Waals surface area contributed by atoms with E-state index in [9.17, 15) is 13.6 Å². The molecule has 0 aliphatic carbocycles. The molecule has 1 rings (SSSR count). The number of nitrogens with one attached hydrogen (secondary N) is 1. The van der Waals surface area contributed by atoms with Crippen LogP contribution in [-0.2, 0) is 4.79 Å². The minimum atomic E-state index is -3.35. The van der Waals surface area contributed by atoms with E-state index in [1.54, 1.807) is 24.3 Å². The van der Waals surface area contributed by atoms with E-state index in [0.717, 1.165) is 0 Å². The Labute approximate surface area is 102 Å². The summed E-state index contributed by atoms with van der Waals surface area (Å²) in [6.45, 7) is 0. The summed E-state index contributed by atoms with van der Waals surface area (Å²) < 4.78 is 24.5. The lowest BCUT2D eigenvalue weighted by molar-refractivity contribution is -0.117. The first-order valence-electron chi connectivity index (χ1n) is 4.49. The van der Waals surface area contributed by atoms with Gasteiger partial charge in [-0.25, -0.2) is 0 Å². The van der Waals surface area contributed by atoms with Crippen molar-refractivity contribution in [3.05, 3.63) is 29.3 Å². The summed E-state index contributed by atoms with van der Waals surface area (Å²) in [4.78, 5) is 11.2. The predicted octanol–water partition coefficient (Wildman–Crippen LogP) is 3.89. The van der Waals surface area contributed by atoms with Crippen molar-refractivity contribution in [2.75, 3.05) is 5.32 Å². The van der Waals surface area contributed by atoms with Crippen LogP contribution in [0.3, 0.4) is 0 Å². The lowest BCUT2D eigenvalue weighted by Gasteiger charge is -2.09. The van der Waals surface area contributed by atoms with Crippen molar-refractivity contribution in [1.82, 2.24) is 0 Å². The van der Waals surface area contributed by atoms with Gasteiger partial charge in [0, 0.05) is 12.8 Å². The fraction of sp³-hybridized carbons (Fsp3) is 0.300. The van der Waals surface area contributed by atoms with Crippen LogP contribution in [0.25, 0.3) is 0 Å². The van der Waals surface area contributed by atoms with Crippen LogP contribution in [0, 0.1) is 0 Å². The van der Waals surface area contributed by atoms with Crippen molar-refractivity contribution in [1.29, 1.82) is 0 Å². The Morgan fingerprint density at radius 2 is 2.00 bits per heavy atom. The summed E-state index contributed by atoms with van der Waals surface area (Å²) in [6, 6.07) is 6.55. The van der Waals surface area contributed by atoms with Gasteiger partial charge in [-0.05, 0) is 23.7 Å². The molecule has 0 fully saturated rings. The van der Waals surface area contributed by atoms with Crippen LogP contribution in [0.2, 0.25) is 5.02 Å². The van der Waals surface area contributed by atoms with Gasteiger partial charge in [0.2, 0.25) is 5.91 Å². The second-order valence-corrected chi connectivity index (χ2v) is 4.10. The third-order valence-corrected chi connectivity index (χ3v) is 2.30. The molecule has 0 unspecified atom stereocenters. The topological polar surface area (TPSA) is 29.1 Å². The summed E-state index contributed by atoms with van der Waals surface area (Å²) >= 11 is 10.4. The normalized spacial score (nSPS) is 11.2. The average Bonchev–Trinajstić information content (AvgIpc) is 2.18. The molecule has 0 bridgehead atoms. The zero-order chi connectivity index (χ0) is 12.2. The number of rotatable bonds is 4. The summed E-state index contributed by atoms with van der Waals surface area (Å²) in [6.07, 6.45) is -1.06. The number of amides is 1. The fourth-order valence-electron chi connectivity index (χ4n) is 1.03. The first-order chi connectivity index (χ1) is 7.38. The maximum Gasteiger partial charge on any atom is 0.322 e. The standard InChI is InChI=1S/C10H9Cl2F2NO/c11-7-3-1-2-4-8(7)15-9(16)5-6-10(12,13)14/h1-4H,5-6H2,(H,15,16). The van der Waals surface area contributed by atoms with Crippen LogP contribution >= 0.6 is 23.2 Å². The van der Waals surface area contributed by atoms with Gasteiger partial charge >= 0.3 is 5.38 Å². The first kappa shape index (κ1) is 13.2. The van der Waals surface area contributed by atoms with Crippen molar-refractivity contribution in [2.45, 2.75) is 18.2 Å². The van der Waals surface area contributed by atoms with Crippen LogP contribution in [0.15, 0.2) is 24.3 Å². The van der Waals surface area contributed by atoms with E-state index in [2.05, 4.69) is 16.9 Å². The molecule has 16 heavy (non-hydrogen) atoms. The highest BCUT2D eigenvalue weighted by molar-refractivity contribution is 6.33. The molecule has 1 amide bonds. The number of halogens is 4. The maximum atomic E-state index is 12.3. The highest BCUT2D eigenvalue weighted by Gasteiger charge is 2.25. The van der Waals surface area contributed by atoms with E-state index >= 15 is 0 Å². The summed E-state index contributed by atoms with van der Waals surface area (Å²) in [5.41, 5.74) is 0.395. The maximum absolute atomic E-state index is 12.3. The van der Waals surface area contributed by atoms with Gasteiger partial charge in [-0.3, -0.25) is 4.79 Å². The van der Waals surface area contributed by atoms with Crippen LogP contribution in [0.1, 0.15) is 12.8 Å². The molecule has 0 aliphatic rings. The van der Waals surface area contributed by atoms with Crippen LogP contribution in [0.4, 0.5) is 14.5 Å². The molecule has 2 nitrogen and oxygen atoms in total. The Hall–Kier alpha value is -0.870. The third-order valence-electron chi connectivity index (χ3n) is 1.78. The molecule has 88 valence electrons. The molecule has 0 spiro atoms. The molecule has 0 saturated carbocycles. The van der Waals surface area contributed by atoms with Gasteiger partial charge < -0.3 is 5.32 Å². The molecular formula is C10H9Cl2F2NO. The van der Waals surface area contributed by atoms with Crippen molar-refractivity contribution < 1.29 is 13.6 Å². The Balaban J connectivity index is 2.50. The molecule has 6 heteroatoms. The van der Waals surface area contributed by atoms with Crippen molar-refractivity contribution in [3.63, 3.8) is 0 Å². The van der Waals surface area contributed by atoms with Gasteiger partial charge in [0.1, 0.15) is 0 Å². The Morgan fingerprint density at radius 1 is 1.38 bits per heavy atom. The Kier molecular flexibility index (Phi) is 4.50. The monoisotopic (exact) mass is 267 g/mol. The number of hydrogen-bond acceptors (Lipinski definition) is 1. The number of para-hydroxylation sites is 1. The molecule has 1 N–H and O–H groups in total. The smallest absolute Gasteiger partial charge is 0.322 e. The van der Waals surface area contributed by atoms with E-state index in [0.29, 0.717) is 10.7 Å². The molecule has 0 saturated heterocycles. The predicted molar refractivity (Wildman–Crippen MR) is 60.1 cm³/mol. The molecular weight excluding hydrogens is 259 g/mol. The summed E-state index contributed by atoms with van der Waals surface area (Å²) in [5, 5.41) is -0.574. The van der Waals surface area contributed by atoms with Gasteiger partial charge in [0.15, 0.2) is 0 Å². The SMILES string of the molecule is O=C(CCC(F)(F)Cl)Nc1ccccc1Cl. The van der Waals surface area contributed by atoms with Gasteiger partial charge in [-0.15, -0.1) is 0 Å². The number of benzene rings is 1. The molecule has 1 aromatic carbocycles. The highest BCUT2D eigenvalue weighted by Crippen LogP contribution is 2.25. The highest BCUT2D eigenvalue weighted by atomic mass is 35.5. The quantitative estimate of drug-likeness (QED) is 0.824. The zero-order valence-corrected chi connectivity index (χ0v) is 9.66. The van der Waals surface area contributed by atoms with Crippen LogP contribution in [-0.4, -0.2) is 11.3 Å². The van der Waals surface area contributed by atoms with E-state index < -0.39 is 17.7 Å². The van der Waals surface area contributed by atoms with E-state index in [1.165, 1.54) is 0 Å². The van der Waals surface area contributed by atoms with E-state index in [1.807, 2.05) is 0 Å². The lowest BCUT2D eigenvalue weighted by Crippen LogP contribution is -2.16. The van der Waals surface area contributed by atoms with Gasteiger partial charge in [0.05, 0.1) is 10.7 Å². The molecule has 0 atom stereocenters. The minimum absolute atomic E-state index is 0.355.